The van der Waals surface area contributed by atoms with E-state index < -0.39 is 0 Å². The first kappa shape index (κ1) is 16.8. The molecule has 2 aromatic heterocycles. The SMILES string of the molecule is O=C(c1ccc(Cl)cc1)N(CCn1cccn1)c1nc2ccccc2s1. The minimum absolute atomic E-state index is 0.104. The van der Waals surface area contributed by atoms with Crippen molar-refractivity contribution in [1.29, 1.82) is 0 Å². The van der Waals surface area contributed by atoms with Gasteiger partial charge in [-0.05, 0) is 42.5 Å². The van der Waals surface area contributed by atoms with Crippen LogP contribution in [0.5, 0.6) is 0 Å². The summed E-state index contributed by atoms with van der Waals surface area (Å²) in [5, 5.41) is 5.49. The minimum Gasteiger partial charge on any atom is -0.282 e. The summed E-state index contributed by atoms with van der Waals surface area (Å²) in [6.07, 6.45) is 3.60. The number of fused-ring (bicyclic) bond motifs is 1. The summed E-state index contributed by atoms with van der Waals surface area (Å²) in [6, 6.07) is 16.7. The minimum atomic E-state index is -0.104. The monoisotopic (exact) mass is 382 g/mol. The van der Waals surface area contributed by atoms with Crippen LogP contribution in [0.4, 0.5) is 5.13 Å². The molecule has 1 amide bonds. The molecule has 26 heavy (non-hydrogen) atoms. The first-order valence-corrected chi connectivity index (χ1v) is 9.30. The molecule has 0 aliphatic carbocycles. The first-order chi connectivity index (χ1) is 12.7. The quantitative estimate of drug-likeness (QED) is 0.511. The Bertz CT molecular complexity index is 994. The van der Waals surface area contributed by atoms with Gasteiger partial charge in [-0.3, -0.25) is 14.4 Å². The summed E-state index contributed by atoms with van der Waals surface area (Å²) in [7, 11) is 0. The van der Waals surface area contributed by atoms with E-state index in [1.807, 2.05) is 36.5 Å². The number of para-hydroxylation sites is 1. The van der Waals surface area contributed by atoms with Crippen LogP contribution in [0.2, 0.25) is 5.02 Å². The zero-order valence-electron chi connectivity index (χ0n) is 13.7. The van der Waals surface area contributed by atoms with Crippen molar-refractivity contribution in [2.24, 2.45) is 0 Å². The van der Waals surface area contributed by atoms with Gasteiger partial charge >= 0.3 is 0 Å². The van der Waals surface area contributed by atoms with E-state index >= 15 is 0 Å². The molecule has 0 aliphatic rings. The number of carbonyl (C=O) groups excluding carboxylic acids is 1. The van der Waals surface area contributed by atoms with Crippen LogP contribution < -0.4 is 4.90 Å². The largest absolute Gasteiger partial charge is 0.282 e. The van der Waals surface area contributed by atoms with Crippen LogP contribution in [0.25, 0.3) is 10.2 Å². The number of hydrogen-bond acceptors (Lipinski definition) is 4. The van der Waals surface area contributed by atoms with Gasteiger partial charge < -0.3 is 0 Å². The molecule has 0 fully saturated rings. The van der Waals surface area contributed by atoms with Crippen molar-refractivity contribution in [3.63, 3.8) is 0 Å². The van der Waals surface area contributed by atoms with Gasteiger partial charge in [0.15, 0.2) is 5.13 Å². The molecule has 0 bridgehead atoms. The highest BCUT2D eigenvalue weighted by molar-refractivity contribution is 7.22. The molecule has 0 saturated heterocycles. The zero-order valence-corrected chi connectivity index (χ0v) is 15.3. The molecule has 0 atom stereocenters. The highest BCUT2D eigenvalue weighted by Gasteiger charge is 2.21. The second-order valence-electron chi connectivity index (χ2n) is 5.70. The van der Waals surface area contributed by atoms with Crippen LogP contribution in [0.3, 0.4) is 0 Å². The number of anilines is 1. The van der Waals surface area contributed by atoms with Crippen LogP contribution in [-0.2, 0) is 6.54 Å². The number of hydrogen-bond donors (Lipinski definition) is 0. The van der Waals surface area contributed by atoms with Gasteiger partial charge in [0.1, 0.15) is 0 Å². The fourth-order valence-corrected chi connectivity index (χ4v) is 3.76. The Morgan fingerprint density at radius 2 is 1.92 bits per heavy atom. The Hall–Kier alpha value is -2.70. The van der Waals surface area contributed by atoms with Gasteiger partial charge in [0, 0.05) is 29.5 Å². The van der Waals surface area contributed by atoms with Gasteiger partial charge in [-0.25, -0.2) is 4.98 Å². The Balaban J connectivity index is 1.68. The van der Waals surface area contributed by atoms with Gasteiger partial charge in [-0.15, -0.1) is 0 Å². The number of aromatic nitrogens is 3. The van der Waals surface area contributed by atoms with Gasteiger partial charge in [0.05, 0.1) is 16.8 Å². The molecule has 0 aliphatic heterocycles. The molecule has 0 saturated carbocycles. The Morgan fingerprint density at radius 3 is 2.65 bits per heavy atom. The lowest BCUT2D eigenvalue weighted by molar-refractivity contribution is 0.0986. The van der Waals surface area contributed by atoms with E-state index in [2.05, 4.69) is 10.1 Å². The maximum Gasteiger partial charge on any atom is 0.260 e. The maximum absolute atomic E-state index is 13.1. The van der Waals surface area contributed by atoms with Gasteiger partial charge in [0.25, 0.3) is 5.91 Å². The van der Waals surface area contributed by atoms with E-state index in [-0.39, 0.29) is 5.91 Å². The highest BCUT2D eigenvalue weighted by Crippen LogP contribution is 2.29. The lowest BCUT2D eigenvalue weighted by atomic mass is 10.2. The molecule has 4 aromatic rings. The fraction of sp³-hybridized carbons (Fsp3) is 0.105. The summed E-state index contributed by atoms with van der Waals surface area (Å²) in [6.45, 7) is 1.06. The van der Waals surface area contributed by atoms with E-state index in [9.17, 15) is 4.79 Å². The van der Waals surface area contributed by atoms with E-state index in [0.29, 0.717) is 28.8 Å². The maximum atomic E-state index is 13.1. The normalized spacial score (nSPS) is 11.0. The molecule has 4 rings (SSSR count). The Morgan fingerprint density at radius 1 is 1.12 bits per heavy atom. The molecule has 2 heterocycles. The van der Waals surface area contributed by atoms with E-state index in [1.54, 1.807) is 40.0 Å². The smallest absolute Gasteiger partial charge is 0.260 e. The lowest BCUT2D eigenvalue weighted by Crippen LogP contribution is -2.34. The topological polar surface area (TPSA) is 51.0 Å². The van der Waals surface area contributed by atoms with Gasteiger partial charge in [0.2, 0.25) is 0 Å². The van der Waals surface area contributed by atoms with Crippen LogP contribution in [0.15, 0.2) is 67.0 Å². The highest BCUT2D eigenvalue weighted by atomic mass is 35.5. The van der Waals surface area contributed by atoms with Crippen molar-refractivity contribution in [2.75, 3.05) is 11.4 Å². The standard InChI is InChI=1S/C19H15ClN4OS/c20-15-8-6-14(7-9-15)18(25)24(13-12-23-11-3-10-21-23)19-22-16-4-1-2-5-17(16)26-19/h1-11H,12-13H2. The molecule has 5 nitrogen and oxygen atoms in total. The number of halogens is 1. The Labute approximate surface area is 159 Å². The predicted octanol–water partition coefficient (Wildman–Crippen LogP) is 4.49. The summed E-state index contributed by atoms with van der Waals surface area (Å²) >= 11 is 7.46. The third-order valence-corrected chi connectivity index (χ3v) is 5.27. The number of carbonyl (C=O) groups is 1. The molecule has 7 heteroatoms. The fourth-order valence-electron chi connectivity index (χ4n) is 2.64. The van der Waals surface area contributed by atoms with E-state index in [0.717, 1.165) is 10.2 Å². The van der Waals surface area contributed by atoms with Gasteiger partial charge in [-0.2, -0.15) is 5.10 Å². The number of nitrogens with zero attached hydrogens (tertiary/aromatic N) is 4. The van der Waals surface area contributed by atoms with E-state index in [1.165, 1.54) is 11.3 Å². The molecule has 0 spiro atoms. The molecular formula is C19H15ClN4OS. The Kier molecular flexibility index (Phi) is 4.69. The third kappa shape index (κ3) is 3.47. The number of benzene rings is 2. The molecule has 0 unspecified atom stereocenters. The van der Waals surface area contributed by atoms with Crippen molar-refractivity contribution in [3.8, 4) is 0 Å². The summed E-state index contributed by atoms with van der Waals surface area (Å²) < 4.78 is 2.85. The molecule has 0 N–H and O–H groups in total. The van der Waals surface area contributed by atoms with Crippen LogP contribution in [0, 0.1) is 0 Å². The zero-order chi connectivity index (χ0) is 17.9. The molecule has 0 radical (unpaired) electrons. The third-order valence-electron chi connectivity index (χ3n) is 3.96. The molecular weight excluding hydrogens is 368 g/mol. The lowest BCUT2D eigenvalue weighted by Gasteiger charge is -2.20. The van der Waals surface area contributed by atoms with Crippen LogP contribution in [0.1, 0.15) is 10.4 Å². The van der Waals surface area contributed by atoms with E-state index in [4.69, 9.17) is 11.6 Å². The van der Waals surface area contributed by atoms with Crippen molar-refractivity contribution < 1.29 is 4.79 Å². The second-order valence-corrected chi connectivity index (χ2v) is 7.14. The predicted molar refractivity (Wildman–Crippen MR) is 105 cm³/mol. The van der Waals surface area contributed by atoms with Crippen molar-refractivity contribution in [2.45, 2.75) is 6.54 Å². The number of rotatable bonds is 5. The average molecular weight is 383 g/mol. The second kappa shape index (κ2) is 7.27. The van der Waals surface area contributed by atoms with Crippen LogP contribution in [-0.4, -0.2) is 27.2 Å². The van der Waals surface area contributed by atoms with Gasteiger partial charge in [-0.1, -0.05) is 35.1 Å². The van der Waals surface area contributed by atoms with Crippen molar-refractivity contribution in [3.05, 3.63) is 77.6 Å². The summed E-state index contributed by atoms with van der Waals surface area (Å²) in [4.78, 5) is 19.5. The average Bonchev–Trinajstić information content (AvgIpc) is 3.31. The van der Waals surface area contributed by atoms with Crippen molar-refractivity contribution in [1.82, 2.24) is 14.8 Å². The van der Waals surface area contributed by atoms with Crippen LogP contribution >= 0.6 is 22.9 Å². The molecule has 2 aromatic carbocycles. The number of amides is 1. The van der Waals surface area contributed by atoms with Crippen molar-refractivity contribution >= 4 is 44.2 Å². The first-order valence-electron chi connectivity index (χ1n) is 8.11. The summed E-state index contributed by atoms with van der Waals surface area (Å²) in [5.41, 5.74) is 1.47. The number of thiazole rings is 1. The summed E-state index contributed by atoms with van der Waals surface area (Å²) in [5.74, 6) is -0.104. The molecule has 130 valence electrons.